The van der Waals surface area contributed by atoms with Crippen molar-refractivity contribution in [3.05, 3.63) is 29.3 Å². The first-order valence-electron chi connectivity index (χ1n) is 5.48. The van der Waals surface area contributed by atoms with E-state index >= 15 is 0 Å². The lowest BCUT2D eigenvalue weighted by molar-refractivity contribution is 0.0696. The third kappa shape index (κ3) is 2.93. The molecule has 0 amide bonds. The largest absolute Gasteiger partial charge is 0.478 e. The summed E-state index contributed by atoms with van der Waals surface area (Å²) in [5.41, 5.74) is -0.532. The Kier molecular flexibility index (Phi) is 4.43. The van der Waals surface area contributed by atoms with Gasteiger partial charge in [0.05, 0.1) is 5.56 Å². The molecule has 0 fully saturated rings. The van der Waals surface area contributed by atoms with Crippen LogP contribution in [0.25, 0.3) is 0 Å². The lowest BCUT2D eigenvalue weighted by Crippen LogP contribution is -2.26. The van der Waals surface area contributed by atoms with Crippen molar-refractivity contribution in [2.24, 2.45) is 0 Å². The number of hydrogen-bond acceptors (Lipinski definition) is 2. The first-order chi connectivity index (χ1) is 8.01. The molecule has 0 saturated heterocycles. The van der Waals surface area contributed by atoms with Gasteiger partial charge in [-0.05, 0) is 25.5 Å². The van der Waals surface area contributed by atoms with E-state index in [4.69, 9.17) is 5.11 Å². The number of hydrogen-bond donors (Lipinski definition) is 1. The van der Waals surface area contributed by atoms with Crippen molar-refractivity contribution in [3.8, 4) is 0 Å². The number of nitrogens with zero attached hydrogens (tertiary/aromatic N) is 1. The summed E-state index contributed by atoms with van der Waals surface area (Å²) >= 11 is 0. The van der Waals surface area contributed by atoms with Crippen LogP contribution in [0.4, 0.5) is 14.5 Å². The molecule has 0 atom stereocenters. The predicted molar refractivity (Wildman–Crippen MR) is 61.5 cm³/mol. The zero-order valence-corrected chi connectivity index (χ0v) is 9.83. The maximum Gasteiger partial charge on any atom is 0.335 e. The Morgan fingerprint density at radius 2 is 1.82 bits per heavy atom. The van der Waals surface area contributed by atoms with Gasteiger partial charge in [0, 0.05) is 13.1 Å². The molecule has 0 spiro atoms. The van der Waals surface area contributed by atoms with E-state index in [1.165, 1.54) is 0 Å². The Labute approximate surface area is 98.7 Å². The summed E-state index contributed by atoms with van der Waals surface area (Å²) in [5.74, 6) is -3.01. The monoisotopic (exact) mass is 243 g/mol. The molecule has 0 aliphatic heterocycles. The fraction of sp³-hybridized carbons (Fsp3) is 0.417. The maximum absolute atomic E-state index is 13.7. The molecule has 17 heavy (non-hydrogen) atoms. The number of anilines is 1. The second-order valence-corrected chi connectivity index (χ2v) is 3.67. The van der Waals surface area contributed by atoms with Gasteiger partial charge in [-0.2, -0.15) is 0 Å². The van der Waals surface area contributed by atoms with Crippen LogP contribution in [-0.4, -0.2) is 24.2 Å². The Bertz CT molecular complexity index is 398. The fourth-order valence-electron chi connectivity index (χ4n) is 1.69. The molecule has 94 valence electrons. The third-order valence-electron chi connectivity index (χ3n) is 2.46. The Morgan fingerprint density at radius 3 is 2.18 bits per heavy atom. The van der Waals surface area contributed by atoms with E-state index in [1.54, 1.807) is 11.8 Å². The third-order valence-corrected chi connectivity index (χ3v) is 2.46. The van der Waals surface area contributed by atoms with Gasteiger partial charge in [-0.1, -0.05) is 6.92 Å². The van der Waals surface area contributed by atoms with Crippen LogP contribution < -0.4 is 4.90 Å². The standard InChI is InChI=1S/C12H15F2NO2/c1-3-5-15(4-2)11-9(13)6-8(12(16)17)7-10(11)14/h6-7H,3-5H2,1-2H3,(H,16,17). The fourth-order valence-corrected chi connectivity index (χ4v) is 1.69. The van der Waals surface area contributed by atoms with Gasteiger partial charge in [0.15, 0.2) is 0 Å². The van der Waals surface area contributed by atoms with E-state index in [0.717, 1.165) is 18.6 Å². The molecule has 0 aliphatic carbocycles. The zero-order valence-electron chi connectivity index (χ0n) is 9.83. The molecule has 3 nitrogen and oxygen atoms in total. The lowest BCUT2D eigenvalue weighted by Gasteiger charge is -2.23. The topological polar surface area (TPSA) is 40.5 Å². The van der Waals surface area contributed by atoms with Crippen LogP contribution in [0.2, 0.25) is 0 Å². The number of carbonyl (C=O) groups is 1. The van der Waals surface area contributed by atoms with Gasteiger partial charge >= 0.3 is 5.97 Å². The number of rotatable bonds is 5. The normalized spacial score (nSPS) is 10.4. The highest BCUT2D eigenvalue weighted by Crippen LogP contribution is 2.25. The van der Waals surface area contributed by atoms with Crippen molar-refractivity contribution in [1.29, 1.82) is 0 Å². The van der Waals surface area contributed by atoms with E-state index < -0.39 is 17.6 Å². The molecule has 1 aromatic rings. The Balaban J connectivity index is 3.20. The molecular formula is C12H15F2NO2. The maximum atomic E-state index is 13.7. The number of halogens is 2. The first-order valence-corrected chi connectivity index (χ1v) is 5.48. The molecular weight excluding hydrogens is 228 g/mol. The first kappa shape index (κ1) is 13.4. The van der Waals surface area contributed by atoms with Gasteiger partial charge in [0.2, 0.25) is 0 Å². The Hall–Kier alpha value is -1.65. The minimum atomic E-state index is -1.34. The SMILES string of the molecule is CCCN(CC)c1c(F)cc(C(=O)O)cc1F. The smallest absolute Gasteiger partial charge is 0.335 e. The highest BCUT2D eigenvalue weighted by atomic mass is 19.1. The summed E-state index contributed by atoms with van der Waals surface area (Å²) in [4.78, 5) is 12.2. The highest BCUT2D eigenvalue weighted by Gasteiger charge is 2.18. The van der Waals surface area contributed by atoms with Crippen molar-refractivity contribution in [2.45, 2.75) is 20.3 Å². The summed E-state index contributed by atoms with van der Waals surface area (Å²) in [7, 11) is 0. The number of carboxylic acid groups (broad SMARTS) is 1. The quantitative estimate of drug-likeness (QED) is 0.864. The Morgan fingerprint density at radius 1 is 1.29 bits per heavy atom. The van der Waals surface area contributed by atoms with Crippen LogP contribution in [-0.2, 0) is 0 Å². The number of carboxylic acids is 1. The van der Waals surface area contributed by atoms with Crippen molar-refractivity contribution < 1.29 is 18.7 Å². The van der Waals surface area contributed by atoms with Crippen LogP contribution >= 0.6 is 0 Å². The van der Waals surface area contributed by atoms with Crippen molar-refractivity contribution in [2.75, 3.05) is 18.0 Å². The van der Waals surface area contributed by atoms with Crippen LogP contribution in [0.5, 0.6) is 0 Å². The second kappa shape index (κ2) is 5.61. The van der Waals surface area contributed by atoms with Crippen LogP contribution in [0.3, 0.4) is 0 Å². The van der Waals surface area contributed by atoms with Gasteiger partial charge in [0.25, 0.3) is 0 Å². The molecule has 1 rings (SSSR count). The van der Waals surface area contributed by atoms with Crippen LogP contribution in [0.1, 0.15) is 30.6 Å². The van der Waals surface area contributed by atoms with Crippen LogP contribution in [0, 0.1) is 11.6 Å². The van der Waals surface area contributed by atoms with Crippen molar-refractivity contribution in [3.63, 3.8) is 0 Å². The predicted octanol–water partition coefficient (Wildman–Crippen LogP) is 2.90. The van der Waals surface area contributed by atoms with E-state index in [1.807, 2.05) is 6.92 Å². The van der Waals surface area contributed by atoms with Crippen molar-refractivity contribution >= 4 is 11.7 Å². The molecule has 0 bridgehead atoms. The minimum Gasteiger partial charge on any atom is -0.478 e. The molecule has 0 unspecified atom stereocenters. The van der Waals surface area contributed by atoms with Gasteiger partial charge < -0.3 is 10.0 Å². The lowest BCUT2D eigenvalue weighted by atomic mass is 10.1. The minimum absolute atomic E-state index is 0.153. The van der Waals surface area contributed by atoms with E-state index in [9.17, 15) is 13.6 Å². The highest BCUT2D eigenvalue weighted by molar-refractivity contribution is 5.88. The zero-order chi connectivity index (χ0) is 13.0. The molecule has 5 heteroatoms. The molecule has 1 N–H and O–H groups in total. The summed E-state index contributed by atoms with van der Waals surface area (Å²) in [6, 6.07) is 1.69. The molecule has 1 aromatic carbocycles. The molecule has 0 aliphatic rings. The van der Waals surface area contributed by atoms with Crippen LogP contribution in [0.15, 0.2) is 12.1 Å². The number of benzene rings is 1. The molecule has 0 saturated carbocycles. The van der Waals surface area contributed by atoms with E-state index in [-0.39, 0.29) is 11.3 Å². The average Bonchev–Trinajstić information content (AvgIpc) is 2.26. The second-order valence-electron chi connectivity index (χ2n) is 3.67. The van der Waals surface area contributed by atoms with Gasteiger partial charge in [-0.15, -0.1) is 0 Å². The molecule has 0 radical (unpaired) electrons. The van der Waals surface area contributed by atoms with Gasteiger partial charge in [0.1, 0.15) is 17.3 Å². The summed E-state index contributed by atoms with van der Waals surface area (Å²) in [5, 5.41) is 8.68. The molecule has 0 aromatic heterocycles. The average molecular weight is 243 g/mol. The van der Waals surface area contributed by atoms with E-state index in [2.05, 4.69) is 0 Å². The van der Waals surface area contributed by atoms with E-state index in [0.29, 0.717) is 13.1 Å². The summed E-state index contributed by atoms with van der Waals surface area (Å²) < 4.78 is 27.4. The number of aromatic carboxylic acids is 1. The van der Waals surface area contributed by atoms with Crippen molar-refractivity contribution in [1.82, 2.24) is 0 Å². The van der Waals surface area contributed by atoms with Gasteiger partial charge in [-0.25, -0.2) is 13.6 Å². The summed E-state index contributed by atoms with van der Waals surface area (Å²) in [6.07, 6.45) is 0.757. The molecule has 0 heterocycles. The summed E-state index contributed by atoms with van der Waals surface area (Å²) in [6.45, 7) is 4.69. The van der Waals surface area contributed by atoms with Gasteiger partial charge in [-0.3, -0.25) is 0 Å².